The molecule has 0 radical (unpaired) electrons. The van der Waals surface area contributed by atoms with Crippen molar-refractivity contribution < 1.29 is 4.52 Å². The highest BCUT2D eigenvalue weighted by Gasteiger charge is 2.08. The van der Waals surface area contributed by atoms with E-state index in [1.165, 1.54) is 0 Å². The monoisotopic (exact) mass is 247 g/mol. The van der Waals surface area contributed by atoms with Gasteiger partial charge in [-0.15, -0.1) is 0 Å². The highest BCUT2D eigenvalue weighted by molar-refractivity contribution is 5.54. The van der Waals surface area contributed by atoms with E-state index in [-0.39, 0.29) is 0 Å². The standard InChI is InChI=1S/C12H17N5O/c1-3-4-10-15-11(13)8(2)12(16-10)14-7-9-5-6-18-17-9/h5-6H,3-4,7H2,1-2H3,(H3,13,14,15,16). The van der Waals surface area contributed by atoms with E-state index in [2.05, 4.69) is 27.4 Å². The molecule has 0 amide bonds. The summed E-state index contributed by atoms with van der Waals surface area (Å²) < 4.78 is 4.77. The summed E-state index contributed by atoms with van der Waals surface area (Å²) in [5.74, 6) is 2.05. The Morgan fingerprint density at radius 3 is 2.89 bits per heavy atom. The van der Waals surface area contributed by atoms with Gasteiger partial charge in [0.25, 0.3) is 0 Å². The number of nitrogens with zero attached hydrogens (tertiary/aromatic N) is 3. The van der Waals surface area contributed by atoms with Gasteiger partial charge in [0.2, 0.25) is 0 Å². The molecule has 2 heterocycles. The molecule has 0 fully saturated rings. The zero-order valence-corrected chi connectivity index (χ0v) is 10.6. The lowest BCUT2D eigenvalue weighted by atomic mass is 10.2. The van der Waals surface area contributed by atoms with Crippen molar-refractivity contribution >= 4 is 11.6 Å². The molecule has 2 aromatic rings. The highest BCUT2D eigenvalue weighted by Crippen LogP contribution is 2.18. The first-order chi connectivity index (χ1) is 8.70. The molecule has 2 rings (SSSR count). The van der Waals surface area contributed by atoms with Crippen molar-refractivity contribution in [2.45, 2.75) is 33.2 Å². The van der Waals surface area contributed by atoms with Crippen molar-refractivity contribution in [1.82, 2.24) is 15.1 Å². The number of rotatable bonds is 5. The average Bonchev–Trinajstić information content (AvgIpc) is 2.85. The Morgan fingerprint density at radius 1 is 1.39 bits per heavy atom. The summed E-state index contributed by atoms with van der Waals surface area (Å²) in [6, 6.07) is 1.81. The van der Waals surface area contributed by atoms with Crippen LogP contribution in [-0.4, -0.2) is 15.1 Å². The fourth-order valence-electron chi connectivity index (χ4n) is 1.59. The number of aromatic nitrogens is 3. The maximum atomic E-state index is 5.88. The summed E-state index contributed by atoms with van der Waals surface area (Å²) in [6.45, 7) is 4.54. The lowest BCUT2D eigenvalue weighted by Crippen LogP contribution is -2.09. The third-order valence-electron chi connectivity index (χ3n) is 2.63. The molecule has 0 spiro atoms. The van der Waals surface area contributed by atoms with Gasteiger partial charge >= 0.3 is 0 Å². The molecule has 0 saturated carbocycles. The predicted molar refractivity (Wildman–Crippen MR) is 69.0 cm³/mol. The maximum absolute atomic E-state index is 5.88. The minimum absolute atomic E-state index is 0.524. The largest absolute Gasteiger partial charge is 0.383 e. The summed E-state index contributed by atoms with van der Waals surface area (Å²) in [5, 5.41) is 7.03. The number of nitrogens with one attached hydrogen (secondary N) is 1. The van der Waals surface area contributed by atoms with Crippen LogP contribution in [-0.2, 0) is 13.0 Å². The molecule has 0 atom stereocenters. The Morgan fingerprint density at radius 2 is 2.22 bits per heavy atom. The van der Waals surface area contributed by atoms with Crippen LogP contribution in [0.2, 0.25) is 0 Å². The van der Waals surface area contributed by atoms with Crippen LogP contribution in [0, 0.1) is 6.92 Å². The first-order valence-corrected chi connectivity index (χ1v) is 5.96. The van der Waals surface area contributed by atoms with Gasteiger partial charge in [-0.1, -0.05) is 12.1 Å². The van der Waals surface area contributed by atoms with E-state index in [0.717, 1.165) is 35.7 Å². The van der Waals surface area contributed by atoms with Gasteiger partial charge in [0.15, 0.2) is 0 Å². The first-order valence-electron chi connectivity index (χ1n) is 5.96. The third kappa shape index (κ3) is 2.77. The summed E-state index contributed by atoms with van der Waals surface area (Å²) >= 11 is 0. The quantitative estimate of drug-likeness (QED) is 0.839. The number of hydrogen-bond acceptors (Lipinski definition) is 6. The summed E-state index contributed by atoms with van der Waals surface area (Å²) in [5.41, 5.74) is 7.56. The maximum Gasteiger partial charge on any atom is 0.135 e. The third-order valence-corrected chi connectivity index (χ3v) is 2.63. The molecule has 0 aliphatic rings. The zero-order chi connectivity index (χ0) is 13.0. The second-order valence-electron chi connectivity index (χ2n) is 4.09. The molecule has 96 valence electrons. The van der Waals surface area contributed by atoms with Crippen molar-refractivity contribution in [3.8, 4) is 0 Å². The summed E-state index contributed by atoms with van der Waals surface area (Å²) in [4.78, 5) is 8.72. The van der Waals surface area contributed by atoms with Gasteiger partial charge in [-0.05, 0) is 13.3 Å². The van der Waals surface area contributed by atoms with Crippen molar-refractivity contribution in [3.05, 3.63) is 29.4 Å². The van der Waals surface area contributed by atoms with Gasteiger partial charge in [0.1, 0.15) is 29.4 Å². The van der Waals surface area contributed by atoms with Gasteiger partial charge in [-0.25, -0.2) is 9.97 Å². The zero-order valence-electron chi connectivity index (χ0n) is 10.6. The molecule has 0 aliphatic carbocycles. The molecule has 0 aliphatic heterocycles. The molecular weight excluding hydrogens is 230 g/mol. The molecule has 0 unspecified atom stereocenters. The Bertz CT molecular complexity index is 509. The van der Waals surface area contributed by atoms with E-state index in [1.54, 1.807) is 12.3 Å². The van der Waals surface area contributed by atoms with E-state index < -0.39 is 0 Å². The van der Waals surface area contributed by atoms with E-state index in [4.69, 9.17) is 10.3 Å². The fourth-order valence-corrected chi connectivity index (χ4v) is 1.59. The Kier molecular flexibility index (Phi) is 3.76. The Balaban J connectivity index is 2.15. The van der Waals surface area contributed by atoms with Crippen molar-refractivity contribution in [2.24, 2.45) is 0 Å². The second-order valence-corrected chi connectivity index (χ2v) is 4.09. The summed E-state index contributed by atoms with van der Waals surface area (Å²) in [6.07, 6.45) is 3.36. The lowest BCUT2D eigenvalue weighted by molar-refractivity contribution is 0.412. The van der Waals surface area contributed by atoms with E-state index in [9.17, 15) is 0 Å². The van der Waals surface area contributed by atoms with Crippen LogP contribution in [0.4, 0.5) is 11.6 Å². The van der Waals surface area contributed by atoms with Crippen molar-refractivity contribution in [3.63, 3.8) is 0 Å². The van der Waals surface area contributed by atoms with Gasteiger partial charge in [-0.3, -0.25) is 0 Å². The van der Waals surface area contributed by atoms with Crippen molar-refractivity contribution in [1.29, 1.82) is 0 Å². The topological polar surface area (TPSA) is 89.9 Å². The molecule has 2 aromatic heterocycles. The van der Waals surface area contributed by atoms with Crippen LogP contribution < -0.4 is 11.1 Å². The van der Waals surface area contributed by atoms with E-state index in [0.29, 0.717) is 12.4 Å². The predicted octanol–water partition coefficient (Wildman–Crippen LogP) is 1.92. The molecule has 6 nitrogen and oxygen atoms in total. The minimum Gasteiger partial charge on any atom is -0.383 e. The molecular formula is C12H17N5O. The van der Waals surface area contributed by atoms with Gasteiger partial charge in [0.05, 0.1) is 6.54 Å². The first kappa shape index (κ1) is 12.3. The number of nitrogen functional groups attached to an aromatic ring is 1. The van der Waals surface area contributed by atoms with Gasteiger partial charge < -0.3 is 15.6 Å². The van der Waals surface area contributed by atoms with Crippen LogP contribution in [0.25, 0.3) is 0 Å². The molecule has 3 N–H and O–H groups in total. The van der Waals surface area contributed by atoms with Crippen molar-refractivity contribution in [2.75, 3.05) is 11.1 Å². The number of hydrogen-bond donors (Lipinski definition) is 2. The number of nitrogens with two attached hydrogens (primary N) is 1. The second kappa shape index (κ2) is 5.48. The SMILES string of the molecule is CCCc1nc(N)c(C)c(NCc2ccon2)n1. The smallest absolute Gasteiger partial charge is 0.135 e. The molecule has 0 bridgehead atoms. The van der Waals surface area contributed by atoms with Gasteiger partial charge in [0, 0.05) is 18.1 Å². The molecule has 18 heavy (non-hydrogen) atoms. The van der Waals surface area contributed by atoms with E-state index >= 15 is 0 Å². The average molecular weight is 247 g/mol. The Hall–Kier alpha value is -2.11. The minimum atomic E-state index is 0.524. The van der Waals surface area contributed by atoms with Crippen LogP contribution >= 0.6 is 0 Å². The van der Waals surface area contributed by atoms with Gasteiger partial charge in [-0.2, -0.15) is 0 Å². The van der Waals surface area contributed by atoms with Crippen LogP contribution in [0.15, 0.2) is 16.9 Å². The highest BCUT2D eigenvalue weighted by atomic mass is 16.5. The molecule has 0 saturated heterocycles. The lowest BCUT2D eigenvalue weighted by Gasteiger charge is -2.10. The summed E-state index contributed by atoms with van der Waals surface area (Å²) in [7, 11) is 0. The van der Waals surface area contributed by atoms with Crippen LogP contribution in [0.3, 0.4) is 0 Å². The number of anilines is 2. The molecule has 6 heteroatoms. The fraction of sp³-hybridized carbons (Fsp3) is 0.417. The van der Waals surface area contributed by atoms with Crippen LogP contribution in [0.1, 0.15) is 30.4 Å². The van der Waals surface area contributed by atoms with E-state index in [1.807, 2.05) is 6.92 Å². The Labute approximate surface area is 106 Å². The number of aryl methyl sites for hydroxylation is 1. The normalized spacial score (nSPS) is 10.6. The van der Waals surface area contributed by atoms with Crippen LogP contribution in [0.5, 0.6) is 0 Å². The molecule has 0 aromatic carbocycles.